The molecule has 0 aliphatic carbocycles. The SMILES string of the molecule is NC(CSC[C@@H](N)C(=O)O)C(=O)O. The first-order chi connectivity index (χ1) is 5.95. The fraction of sp³-hybridized carbons (Fsp3) is 0.667. The van der Waals surface area contributed by atoms with E-state index in [1.165, 1.54) is 0 Å². The third kappa shape index (κ3) is 5.45. The second-order valence-corrected chi connectivity index (χ2v) is 3.50. The summed E-state index contributed by atoms with van der Waals surface area (Å²) in [6.45, 7) is 0. The zero-order valence-electron chi connectivity index (χ0n) is 6.84. The van der Waals surface area contributed by atoms with Gasteiger partial charge in [-0.1, -0.05) is 0 Å². The van der Waals surface area contributed by atoms with E-state index in [1.807, 2.05) is 0 Å². The van der Waals surface area contributed by atoms with Crippen LogP contribution in [0.4, 0.5) is 0 Å². The highest BCUT2D eigenvalue weighted by atomic mass is 32.2. The van der Waals surface area contributed by atoms with Crippen LogP contribution in [-0.2, 0) is 9.59 Å². The fourth-order valence-corrected chi connectivity index (χ4v) is 1.39. The summed E-state index contributed by atoms with van der Waals surface area (Å²) in [7, 11) is 0. The van der Waals surface area contributed by atoms with Crippen molar-refractivity contribution in [2.75, 3.05) is 11.5 Å². The van der Waals surface area contributed by atoms with E-state index in [-0.39, 0.29) is 11.5 Å². The van der Waals surface area contributed by atoms with Gasteiger partial charge in [0.25, 0.3) is 0 Å². The summed E-state index contributed by atoms with van der Waals surface area (Å²) in [6, 6.07) is -1.93. The average Bonchev–Trinajstić information content (AvgIpc) is 2.03. The molecule has 0 aromatic carbocycles. The van der Waals surface area contributed by atoms with Crippen molar-refractivity contribution < 1.29 is 19.8 Å². The molecule has 0 saturated carbocycles. The summed E-state index contributed by atoms with van der Waals surface area (Å²) in [6.07, 6.45) is 0. The van der Waals surface area contributed by atoms with E-state index in [0.29, 0.717) is 0 Å². The molecular formula is C6H12N2O4S. The van der Waals surface area contributed by atoms with Gasteiger partial charge in [-0.25, -0.2) is 0 Å². The van der Waals surface area contributed by atoms with Gasteiger partial charge in [0, 0.05) is 11.5 Å². The maximum absolute atomic E-state index is 10.2. The van der Waals surface area contributed by atoms with E-state index < -0.39 is 24.0 Å². The van der Waals surface area contributed by atoms with Crippen molar-refractivity contribution in [1.82, 2.24) is 0 Å². The highest BCUT2D eigenvalue weighted by Gasteiger charge is 2.15. The molecule has 13 heavy (non-hydrogen) atoms. The molecule has 0 fully saturated rings. The maximum Gasteiger partial charge on any atom is 0.321 e. The van der Waals surface area contributed by atoms with Crippen LogP contribution in [0, 0.1) is 0 Å². The summed E-state index contributed by atoms with van der Waals surface area (Å²) < 4.78 is 0. The quantitative estimate of drug-likeness (QED) is 0.420. The average molecular weight is 208 g/mol. The molecule has 0 aliphatic heterocycles. The normalized spacial score (nSPS) is 14.9. The summed E-state index contributed by atoms with van der Waals surface area (Å²) in [5.41, 5.74) is 10.3. The van der Waals surface area contributed by atoms with Crippen molar-refractivity contribution in [1.29, 1.82) is 0 Å². The third-order valence-electron chi connectivity index (χ3n) is 1.23. The van der Waals surface area contributed by atoms with Crippen molar-refractivity contribution in [3.8, 4) is 0 Å². The molecule has 0 rings (SSSR count). The lowest BCUT2D eigenvalue weighted by Gasteiger charge is -2.07. The maximum atomic E-state index is 10.2. The number of nitrogens with two attached hydrogens (primary N) is 2. The van der Waals surface area contributed by atoms with Crippen LogP contribution in [0.2, 0.25) is 0 Å². The van der Waals surface area contributed by atoms with E-state index in [2.05, 4.69) is 0 Å². The zero-order valence-corrected chi connectivity index (χ0v) is 7.66. The van der Waals surface area contributed by atoms with Gasteiger partial charge in [0.1, 0.15) is 12.1 Å². The van der Waals surface area contributed by atoms with E-state index in [0.717, 1.165) is 11.8 Å². The zero-order chi connectivity index (χ0) is 10.4. The van der Waals surface area contributed by atoms with Crippen molar-refractivity contribution in [2.24, 2.45) is 11.5 Å². The number of carboxylic acid groups (broad SMARTS) is 2. The third-order valence-corrected chi connectivity index (χ3v) is 2.42. The standard InChI is InChI=1S/C6H12N2O4S/c7-3(5(9)10)1-13-2-4(8)6(11)12/h3-4H,1-2,7-8H2,(H,9,10)(H,11,12)/t3-,4?/m1/s1. The van der Waals surface area contributed by atoms with E-state index in [4.69, 9.17) is 21.7 Å². The van der Waals surface area contributed by atoms with Crippen LogP contribution in [0.5, 0.6) is 0 Å². The van der Waals surface area contributed by atoms with Gasteiger partial charge in [0.15, 0.2) is 0 Å². The Kier molecular flexibility index (Phi) is 5.44. The van der Waals surface area contributed by atoms with Gasteiger partial charge in [-0.3, -0.25) is 9.59 Å². The Hall–Kier alpha value is -0.790. The second-order valence-electron chi connectivity index (χ2n) is 2.43. The van der Waals surface area contributed by atoms with Crippen LogP contribution < -0.4 is 11.5 Å². The largest absolute Gasteiger partial charge is 0.480 e. The van der Waals surface area contributed by atoms with Crippen LogP contribution in [0.25, 0.3) is 0 Å². The van der Waals surface area contributed by atoms with Crippen LogP contribution in [0.1, 0.15) is 0 Å². The summed E-state index contributed by atoms with van der Waals surface area (Å²) in [5, 5.41) is 16.7. The van der Waals surface area contributed by atoms with E-state index in [9.17, 15) is 9.59 Å². The predicted octanol–water partition coefficient (Wildman–Crippen LogP) is -1.46. The summed E-state index contributed by atoms with van der Waals surface area (Å²) in [4.78, 5) is 20.4. The molecule has 76 valence electrons. The van der Waals surface area contributed by atoms with Gasteiger partial charge >= 0.3 is 11.9 Å². The number of hydrogen-bond acceptors (Lipinski definition) is 5. The monoisotopic (exact) mass is 208 g/mol. The lowest BCUT2D eigenvalue weighted by Crippen LogP contribution is -2.36. The van der Waals surface area contributed by atoms with Gasteiger partial charge in [0.05, 0.1) is 0 Å². The molecule has 0 spiro atoms. The molecule has 1 unspecified atom stereocenters. The van der Waals surface area contributed by atoms with Crippen LogP contribution >= 0.6 is 11.8 Å². The van der Waals surface area contributed by atoms with Gasteiger partial charge in [-0.2, -0.15) is 11.8 Å². The Balaban J connectivity index is 3.56. The number of carbonyl (C=O) groups is 2. The topological polar surface area (TPSA) is 127 Å². The van der Waals surface area contributed by atoms with Crippen molar-refractivity contribution in [2.45, 2.75) is 12.1 Å². The molecule has 7 heteroatoms. The molecule has 0 aliphatic rings. The lowest BCUT2D eigenvalue weighted by molar-refractivity contribution is -0.138. The Labute approximate surface area is 79.3 Å². The van der Waals surface area contributed by atoms with Crippen LogP contribution in [0.15, 0.2) is 0 Å². The minimum absolute atomic E-state index is 0.163. The number of aliphatic carboxylic acids is 2. The molecule has 2 atom stereocenters. The summed E-state index contributed by atoms with van der Waals surface area (Å²) >= 11 is 1.11. The Morgan fingerprint density at radius 1 is 1.08 bits per heavy atom. The Morgan fingerprint density at radius 3 is 1.62 bits per heavy atom. The van der Waals surface area contributed by atoms with Gasteiger partial charge in [0.2, 0.25) is 0 Å². The number of rotatable bonds is 6. The van der Waals surface area contributed by atoms with Gasteiger partial charge in [-0.05, 0) is 0 Å². The molecule has 6 N–H and O–H groups in total. The van der Waals surface area contributed by atoms with Crippen molar-refractivity contribution in [3.63, 3.8) is 0 Å². The van der Waals surface area contributed by atoms with Crippen LogP contribution in [-0.4, -0.2) is 45.7 Å². The molecule has 0 radical (unpaired) electrons. The van der Waals surface area contributed by atoms with Crippen LogP contribution in [0.3, 0.4) is 0 Å². The van der Waals surface area contributed by atoms with E-state index in [1.54, 1.807) is 0 Å². The Bertz CT molecular complexity index is 179. The number of hydrogen-bond donors (Lipinski definition) is 4. The van der Waals surface area contributed by atoms with E-state index >= 15 is 0 Å². The molecular weight excluding hydrogens is 196 g/mol. The first-order valence-electron chi connectivity index (χ1n) is 3.49. The molecule has 0 heterocycles. The molecule has 0 bridgehead atoms. The molecule has 0 aromatic rings. The van der Waals surface area contributed by atoms with Crippen molar-refractivity contribution in [3.05, 3.63) is 0 Å². The molecule has 0 aromatic heterocycles. The van der Waals surface area contributed by atoms with Crippen molar-refractivity contribution >= 4 is 23.7 Å². The second kappa shape index (κ2) is 5.79. The molecule has 0 amide bonds. The molecule has 6 nitrogen and oxygen atoms in total. The first kappa shape index (κ1) is 12.2. The van der Waals surface area contributed by atoms with Gasteiger partial charge in [-0.15, -0.1) is 0 Å². The minimum Gasteiger partial charge on any atom is -0.480 e. The predicted molar refractivity (Wildman–Crippen MR) is 48.5 cm³/mol. The highest BCUT2D eigenvalue weighted by molar-refractivity contribution is 7.99. The molecule has 0 saturated heterocycles. The summed E-state index contributed by atoms with van der Waals surface area (Å²) in [5.74, 6) is -1.88. The first-order valence-corrected chi connectivity index (χ1v) is 4.65. The smallest absolute Gasteiger partial charge is 0.321 e. The number of carboxylic acids is 2. The van der Waals surface area contributed by atoms with Gasteiger partial charge < -0.3 is 21.7 Å². The minimum atomic E-state index is -1.10. The fourth-order valence-electron chi connectivity index (χ4n) is 0.465. The highest BCUT2D eigenvalue weighted by Crippen LogP contribution is 2.03. The Morgan fingerprint density at radius 2 is 1.38 bits per heavy atom. The lowest BCUT2D eigenvalue weighted by atomic mass is 10.4. The number of thioether (sulfide) groups is 1.